The fraction of sp³-hybridized carbons (Fsp3) is 0.261. The molecule has 0 radical (unpaired) electrons. The largest absolute Gasteiger partial charge is 0.294 e. The van der Waals surface area contributed by atoms with E-state index in [2.05, 4.69) is 0 Å². The lowest BCUT2D eigenvalue weighted by Gasteiger charge is -2.30. The summed E-state index contributed by atoms with van der Waals surface area (Å²) in [6.45, 7) is 3.97. The monoisotopic (exact) mass is 440 g/mol. The summed E-state index contributed by atoms with van der Waals surface area (Å²) in [6, 6.07) is 10.9. The van der Waals surface area contributed by atoms with Crippen LogP contribution >= 0.6 is 23.2 Å². The predicted octanol–water partition coefficient (Wildman–Crippen LogP) is 4.67. The number of benzene rings is 2. The summed E-state index contributed by atoms with van der Waals surface area (Å²) in [5, 5.41) is 1.32. The van der Waals surface area contributed by atoms with Crippen LogP contribution in [0.4, 0.5) is 0 Å². The molecule has 3 aromatic rings. The van der Waals surface area contributed by atoms with Crippen LogP contribution in [0.5, 0.6) is 0 Å². The van der Waals surface area contributed by atoms with E-state index < -0.39 is 6.04 Å². The molecule has 1 aliphatic heterocycles. The van der Waals surface area contributed by atoms with Gasteiger partial charge in [0.2, 0.25) is 0 Å². The Bertz CT molecular complexity index is 1390. The molecule has 7 heteroatoms. The summed E-state index contributed by atoms with van der Waals surface area (Å²) < 4.78 is 2.74. The summed E-state index contributed by atoms with van der Waals surface area (Å²) in [4.78, 5) is 40.4. The number of hydrogen-bond donors (Lipinski definition) is 0. The van der Waals surface area contributed by atoms with Crippen LogP contribution in [0, 0.1) is 5.41 Å². The Hall–Kier alpha value is -2.63. The molecule has 5 nitrogen and oxygen atoms in total. The summed E-state index contributed by atoms with van der Waals surface area (Å²) in [5.41, 5.74) is 0.439. The molecule has 1 aliphatic carbocycles. The zero-order valence-corrected chi connectivity index (χ0v) is 17.9. The van der Waals surface area contributed by atoms with Gasteiger partial charge < -0.3 is 0 Å². The van der Waals surface area contributed by atoms with E-state index in [1.54, 1.807) is 42.5 Å². The molecule has 0 saturated heterocycles. The van der Waals surface area contributed by atoms with Crippen LogP contribution in [-0.2, 0) is 4.79 Å². The molecule has 0 amide bonds. The smallest absolute Gasteiger partial charge is 0.277 e. The van der Waals surface area contributed by atoms with Crippen LogP contribution in [-0.4, -0.2) is 15.1 Å². The Balaban J connectivity index is 1.97. The van der Waals surface area contributed by atoms with E-state index >= 15 is 0 Å². The van der Waals surface area contributed by atoms with Crippen molar-refractivity contribution >= 4 is 45.5 Å². The maximum atomic E-state index is 13.6. The second-order valence-corrected chi connectivity index (χ2v) is 9.47. The molecule has 0 fully saturated rings. The van der Waals surface area contributed by atoms with Gasteiger partial charge in [0.15, 0.2) is 5.78 Å². The van der Waals surface area contributed by atoms with Crippen LogP contribution in [0.3, 0.4) is 0 Å². The predicted molar refractivity (Wildman–Crippen MR) is 118 cm³/mol. The first-order valence-corrected chi connectivity index (χ1v) is 10.4. The maximum absolute atomic E-state index is 13.6. The van der Waals surface area contributed by atoms with Crippen molar-refractivity contribution in [2.75, 3.05) is 0 Å². The van der Waals surface area contributed by atoms with E-state index in [4.69, 9.17) is 23.2 Å². The highest BCUT2D eigenvalue weighted by Gasteiger charge is 2.45. The van der Waals surface area contributed by atoms with E-state index in [9.17, 15) is 14.4 Å². The van der Waals surface area contributed by atoms with Crippen molar-refractivity contribution in [2.45, 2.75) is 32.7 Å². The van der Waals surface area contributed by atoms with Crippen molar-refractivity contribution < 1.29 is 4.79 Å². The first-order valence-electron chi connectivity index (χ1n) is 9.68. The summed E-state index contributed by atoms with van der Waals surface area (Å²) in [7, 11) is 0. The molecule has 1 aromatic heterocycles. The highest BCUT2D eigenvalue weighted by Crippen LogP contribution is 2.49. The fourth-order valence-electron chi connectivity index (χ4n) is 4.73. The van der Waals surface area contributed by atoms with Crippen LogP contribution in [0.15, 0.2) is 57.6 Å². The van der Waals surface area contributed by atoms with E-state index in [0.29, 0.717) is 50.5 Å². The lowest BCUT2D eigenvalue weighted by Crippen LogP contribution is -2.37. The lowest BCUT2D eigenvalue weighted by atomic mass is 9.74. The zero-order valence-electron chi connectivity index (χ0n) is 16.4. The molecule has 0 N–H and O–H groups in total. The molecule has 30 heavy (non-hydrogen) atoms. The third-order valence-corrected chi connectivity index (χ3v) is 6.61. The second kappa shape index (κ2) is 6.43. The number of carbonyl (C=O) groups excluding carboxylic acids is 1. The van der Waals surface area contributed by atoms with Gasteiger partial charge in [0, 0.05) is 27.6 Å². The molecule has 2 aromatic carbocycles. The molecule has 0 spiro atoms. The number of halogens is 2. The molecule has 1 atom stereocenters. The number of ketones is 1. The van der Waals surface area contributed by atoms with Gasteiger partial charge in [-0.1, -0.05) is 55.2 Å². The van der Waals surface area contributed by atoms with Gasteiger partial charge in [0.25, 0.3) is 11.1 Å². The molecule has 2 heterocycles. The van der Waals surface area contributed by atoms with E-state index in [1.165, 1.54) is 9.36 Å². The van der Waals surface area contributed by atoms with Gasteiger partial charge in [0.05, 0.1) is 16.5 Å². The van der Waals surface area contributed by atoms with E-state index in [-0.39, 0.29) is 22.3 Å². The third-order valence-electron chi connectivity index (χ3n) is 5.95. The van der Waals surface area contributed by atoms with E-state index in [1.807, 2.05) is 13.8 Å². The topological polar surface area (TPSA) is 61.1 Å². The van der Waals surface area contributed by atoms with Crippen LogP contribution in [0.2, 0.25) is 10.0 Å². The number of allylic oxidation sites excluding steroid dienone is 2. The first-order chi connectivity index (χ1) is 14.2. The van der Waals surface area contributed by atoms with Crippen LogP contribution in [0.25, 0.3) is 16.5 Å². The Morgan fingerprint density at radius 3 is 2.10 bits per heavy atom. The highest BCUT2D eigenvalue weighted by atomic mass is 35.5. The molecule has 2 aliphatic rings. The second-order valence-electron chi connectivity index (χ2n) is 8.65. The van der Waals surface area contributed by atoms with Gasteiger partial charge in [0.1, 0.15) is 6.04 Å². The number of Topliss-reactive ketones (excluding diaryl/α,β-unsaturated/α-hetero) is 1. The molecule has 0 saturated carbocycles. The molecule has 0 bridgehead atoms. The SMILES string of the molecule is CC1(C)CC(=O)C2=C(C1)n1c(=O)c3ccccc3c(=O)n1C2c1c(Cl)cccc1Cl. The Morgan fingerprint density at radius 1 is 0.867 bits per heavy atom. The minimum absolute atomic E-state index is 0.0960. The summed E-state index contributed by atoms with van der Waals surface area (Å²) in [6.07, 6.45) is 0.811. The lowest BCUT2D eigenvalue weighted by molar-refractivity contribution is -0.118. The van der Waals surface area contributed by atoms with Crippen molar-refractivity contribution in [2.24, 2.45) is 5.41 Å². The summed E-state index contributed by atoms with van der Waals surface area (Å²) in [5.74, 6) is -0.0960. The highest BCUT2D eigenvalue weighted by molar-refractivity contribution is 6.36. The number of rotatable bonds is 1. The minimum atomic E-state index is -0.838. The normalized spacial score (nSPS) is 19.9. The zero-order chi connectivity index (χ0) is 21.4. The first kappa shape index (κ1) is 19.3. The quantitative estimate of drug-likeness (QED) is 0.551. The number of fused-ring (bicyclic) bond motifs is 3. The van der Waals surface area contributed by atoms with Crippen molar-refractivity contribution in [3.05, 3.63) is 84.4 Å². The Labute approximate surface area is 182 Å². The van der Waals surface area contributed by atoms with Gasteiger partial charge in [-0.2, -0.15) is 0 Å². The third kappa shape index (κ3) is 2.58. The van der Waals surface area contributed by atoms with Gasteiger partial charge in [-0.05, 0) is 36.1 Å². The average molecular weight is 441 g/mol. The van der Waals surface area contributed by atoms with Gasteiger partial charge in [-0.25, -0.2) is 9.36 Å². The number of carbonyl (C=O) groups is 1. The number of nitrogens with zero attached hydrogens (tertiary/aromatic N) is 2. The van der Waals surface area contributed by atoms with Crippen molar-refractivity contribution in [3.8, 4) is 0 Å². The van der Waals surface area contributed by atoms with Gasteiger partial charge in [-0.3, -0.25) is 14.4 Å². The minimum Gasteiger partial charge on any atom is -0.294 e. The molecule has 152 valence electrons. The Morgan fingerprint density at radius 2 is 1.47 bits per heavy atom. The summed E-state index contributed by atoms with van der Waals surface area (Å²) >= 11 is 13.0. The average Bonchev–Trinajstić information content (AvgIpc) is 3.00. The van der Waals surface area contributed by atoms with E-state index in [0.717, 1.165) is 0 Å². The van der Waals surface area contributed by atoms with Crippen molar-refractivity contribution in [1.29, 1.82) is 0 Å². The van der Waals surface area contributed by atoms with Gasteiger partial charge >= 0.3 is 0 Å². The number of aromatic nitrogens is 2. The molecular weight excluding hydrogens is 423 g/mol. The van der Waals surface area contributed by atoms with Crippen molar-refractivity contribution in [3.63, 3.8) is 0 Å². The molecule has 1 unspecified atom stereocenters. The maximum Gasteiger partial charge on any atom is 0.277 e. The van der Waals surface area contributed by atoms with Gasteiger partial charge in [-0.15, -0.1) is 0 Å². The fourth-order valence-corrected chi connectivity index (χ4v) is 5.33. The van der Waals surface area contributed by atoms with Crippen LogP contribution < -0.4 is 11.1 Å². The standard InChI is InChI=1S/C23H18Cl2N2O3/c1-23(2)10-16-19(17(28)11-23)20(18-14(24)8-5-9-15(18)25)27-22(30)13-7-4-3-6-12(13)21(29)26(16)27/h3-9,20H,10-11H2,1-2H3. The van der Waals surface area contributed by atoms with Crippen LogP contribution in [0.1, 0.15) is 38.3 Å². The molecular formula is C23H18Cl2N2O3. The Kier molecular flexibility index (Phi) is 4.15. The van der Waals surface area contributed by atoms with Crippen molar-refractivity contribution in [1.82, 2.24) is 9.36 Å². The molecule has 5 rings (SSSR count). The number of hydrogen-bond acceptors (Lipinski definition) is 3.